The summed E-state index contributed by atoms with van der Waals surface area (Å²) in [5.74, 6) is -0.409. The van der Waals surface area contributed by atoms with Gasteiger partial charge >= 0.3 is 0 Å². The lowest BCUT2D eigenvalue weighted by atomic mass is 10.1. The van der Waals surface area contributed by atoms with E-state index in [2.05, 4.69) is 5.32 Å². The van der Waals surface area contributed by atoms with E-state index in [1.165, 1.54) is 11.0 Å². The first-order chi connectivity index (χ1) is 8.47. The molecule has 5 nitrogen and oxygen atoms in total. The minimum Gasteiger partial charge on any atom is -0.508 e. The zero-order chi connectivity index (χ0) is 13.7. The van der Waals surface area contributed by atoms with Gasteiger partial charge in [0, 0.05) is 24.7 Å². The summed E-state index contributed by atoms with van der Waals surface area (Å²) in [6.07, 6.45) is 0. The number of aromatic hydroxyl groups is 1. The fourth-order valence-corrected chi connectivity index (χ4v) is 1.60. The molecule has 2 N–H and O–H groups in total. The molecule has 0 bridgehead atoms. The molecule has 0 aliphatic heterocycles. The third-order valence-electron chi connectivity index (χ3n) is 2.64. The number of carbonyl (C=O) groups excluding carboxylic acids is 2. The van der Waals surface area contributed by atoms with Crippen LogP contribution in [0.5, 0.6) is 5.75 Å². The Balaban J connectivity index is 2.81. The SMILES string of the molecule is CCNC(=O)CN(C)C(=O)c1cccc(O)c1C. The molecule has 0 fully saturated rings. The van der Waals surface area contributed by atoms with E-state index >= 15 is 0 Å². The molecule has 1 aromatic rings. The molecule has 0 radical (unpaired) electrons. The number of nitrogens with zero attached hydrogens (tertiary/aromatic N) is 1. The van der Waals surface area contributed by atoms with E-state index in [1.807, 2.05) is 6.92 Å². The number of benzene rings is 1. The zero-order valence-electron chi connectivity index (χ0n) is 10.9. The van der Waals surface area contributed by atoms with E-state index in [0.29, 0.717) is 17.7 Å². The van der Waals surface area contributed by atoms with Crippen LogP contribution in [0.25, 0.3) is 0 Å². The Morgan fingerprint density at radius 2 is 2.06 bits per heavy atom. The molecule has 2 amide bonds. The summed E-state index contributed by atoms with van der Waals surface area (Å²) in [6, 6.07) is 4.76. The molecule has 0 aliphatic carbocycles. The smallest absolute Gasteiger partial charge is 0.254 e. The molecule has 98 valence electrons. The summed E-state index contributed by atoms with van der Waals surface area (Å²) >= 11 is 0. The molecular formula is C13H18N2O3. The highest BCUT2D eigenvalue weighted by atomic mass is 16.3. The minimum atomic E-state index is -0.283. The maximum absolute atomic E-state index is 12.1. The van der Waals surface area contributed by atoms with Gasteiger partial charge in [0.15, 0.2) is 0 Å². The number of amides is 2. The summed E-state index contributed by atoms with van der Waals surface area (Å²) in [7, 11) is 1.56. The summed E-state index contributed by atoms with van der Waals surface area (Å²) < 4.78 is 0. The van der Waals surface area contributed by atoms with Crippen molar-refractivity contribution in [2.75, 3.05) is 20.1 Å². The van der Waals surface area contributed by atoms with Crippen LogP contribution in [-0.2, 0) is 4.79 Å². The average Bonchev–Trinajstić information content (AvgIpc) is 2.32. The second-order valence-electron chi connectivity index (χ2n) is 4.06. The minimum absolute atomic E-state index is 0.00176. The monoisotopic (exact) mass is 250 g/mol. The van der Waals surface area contributed by atoms with Gasteiger partial charge in [-0.15, -0.1) is 0 Å². The van der Waals surface area contributed by atoms with Crippen molar-refractivity contribution in [2.24, 2.45) is 0 Å². The molecule has 18 heavy (non-hydrogen) atoms. The van der Waals surface area contributed by atoms with Gasteiger partial charge in [-0.25, -0.2) is 0 Å². The second-order valence-corrected chi connectivity index (χ2v) is 4.06. The predicted molar refractivity (Wildman–Crippen MR) is 68.5 cm³/mol. The van der Waals surface area contributed by atoms with Crippen LogP contribution in [0, 0.1) is 6.92 Å². The van der Waals surface area contributed by atoms with E-state index < -0.39 is 0 Å². The summed E-state index contributed by atoms with van der Waals surface area (Å²) in [5, 5.41) is 12.2. The lowest BCUT2D eigenvalue weighted by Crippen LogP contribution is -2.38. The number of likely N-dealkylation sites (N-methyl/N-ethyl adjacent to an activating group) is 2. The summed E-state index contributed by atoms with van der Waals surface area (Å²) in [6.45, 7) is 4.02. The van der Waals surface area contributed by atoms with Crippen LogP contribution >= 0.6 is 0 Å². The molecule has 0 heterocycles. The topological polar surface area (TPSA) is 69.6 Å². The summed E-state index contributed by atoms with van der Waals surface area (Å²) in [5.41, 5.74) is 0.923. The fraction of sp³-hybridized carbons (Fsp3) is 0.385. The van der Waals surface area contributed by atoms with Gasteiger partial charge in [-0.05, 0) is 26.0 Å². The van der Waals surface area contributed by atoms with Gasteiger partial charge in [0.05, 0.1) is 6.54 Å². The highest BCUT2D eigenvalue weighted by molar-refractivity contribution is 5.98. The van der Waals surface area contributed by atoms with E-state index in [1.54, 1.807) is 26.1 Å². The van der Waals surface area contributed by atoms with Gasteiger partial charge in [-0.1, -0.05) is 6.07 Å². The number of phenolic OH excluding ortho intramolecular Hbond substituents is 1. The third-order valence-corrected chi connectivity index (χ3v) is 2.64. The van der Waals surface area contributed by atoms with Gasteiger partial charge < -0.3 is 15.3 Å². The van der Waals surface area contributed by atoms with E-state index in [-0.39, 0.29) is 24.1 Å². The van der Waals surface area contributed by atoms with Gasteiger partial charge in [0.1, 0.15) is 5.75 Å². The van der Waals surface area contributed by atoms with Crippen LogP contribution in [0.15, 0.2) is 18.2 Å². The quantitative estimate of drug-likeness (QED) is 0.834. The summed E-state index contributed by atoms with van der Waals surface area (Å²) in [4.78, 5) is 24.8. The standard InChI is InChI=1S/C13H18N2O3/c1-4-14-12(17)8-15(3)13(18)10-6-5-7-11(16)9(10)2/h5-7,16H,4,8H2,1-3H3,(H,14,17). The fourth-order valence-electron chi connectivity index (χ4n) is 1.60. The number of nitrogens with one attached hydrogen (secondary N) is 1. The maximum atomic E-state index is 12.1. The molecule has 1 rings (SSSR count). The molecule has 0 saturated carbocycles. The Kier molecular flexibility index (Phi) is 4.71. The first kappa shape index (κ1) is 14.0. The van der Waals surface area contributed by atoms with Crippen molar-refractivity contribution in [1.29, 1.82) is 0 Å². The van der Waals surface area contributed by atoms with Crippen molar-refractivity contribution in [3.05, 3.63) is 29.3 Å². The Morgan fingerprint density at radius 3 is 2.67 bits per heavy atom. The Hall–Kier alpha value is -2.04. The van der Waals surface area contributed by atoms with Gasteiger partial charge in [-0.3, -0.25) is 9.59 Å². The molecule has 5 heteroatoms. The van der Waals surface area contributed by atoms with Crippen LogP contribution in [0.3, 0.4) is 0 Å². The normalized spacial score (nSPS) is 9.94. The highest BCUT2D eigenvalue weighted by Gasteiger charge is 2.17. The van der Waals surface area contributed by atoms with Gasteiger partial charge in [-0.2, -0.15) is 0 Å². The van der Waals surface area contributed by atoms with E-state index in [0.717, 1.165) is 0 Å². The van der Waals surface area contributed by atoms with Crippen molar-refractivity contribution < 1.29 is 14.7 Å². The lowest BCUT2D eigenvalue weighted by Gasteiger charge is -2.18. The Bertz CT molecular complexity index is 458. The molecule has 1 aromatic carbocycles. The van der Waals surface area contributed by atoms with Crippen LogP contribution in [0.2, 0.25) is 0 Å². The van der Waals surface area contributed by atoms with Crippen LogP contribution in [0.4, 0.5) is 0 Å². The van der Waals surface area contributed by atoms with Crippen molar-refractivity contribution in [3.8, 4) is 5.75 Å². The number of rotatable bonds is 4. The van der Waals surface area contributed by atoms with E-state index in [9.17, 15) is 14.7 Å². The highest BCUT2D eigenvalue weighted by Crippen LogP contribution is 2.20. The van der Waals surface area contributed by atoms with Crippen LogP contribution < -0.4 is 5.32 Å². The first-order valence-corrected chi connectivity index (χ1v) is 5.78. The van der Waals surface area contributed by atoms with Crippen LogP contribution in [-0.4, -0.2) is 42.0 Å². The molecule has 0 aromatic heterocycles. The number of carbonyl (C=O) groups is 2. The van der Waals surface area contributed by atoms with Crippen LogP contribution in [0.1, 0.15) is 22.8 Å². The lowest BCUT2D eigenvalue weighted by molar-refractivity contribution is -0.121. The van der Waals surface area contributed by atoms with Gasteiger partial charge in [0.25, 0.3) is 5.91 Å². The number of hydrogen-bond acceptors (Lipinski definition) is 3. The van der Waals surface area contributed by atoms with Crippen molar-refractivity contribution in [2.45, 2.75) is 13.8 Å². The molecular weight excluding hydrogens is 232 g/mol. The molecule has 0 atom stereocenters. The molecule has 0 saturated heterocycles. The number of hydrogen-bond donors (Lipinski definition) is 2. The average molecular weight is 250 g/mol. The largest absolute Gasteiger partial charge is 0.508 e. The number of phenols is 1. The third kappa shape index (κ3) is 3.23. The zero-order valence-corrected chi connectivity index (χ0v) is 10.9. The maximum Gasteiger partial charge on any atom is 0.254 e. The Labute approximate surface area is 106 Å². The van der Waals surface area contributed by atoms with Crippen molar-refractivity contribution in [3.63, 3.8) is 0 Å². The predicted octanol–water partition coefficient (Wildman–Crippen LogP) is 0.909. The van der Waals surface area contributed by atoms with Gasteiger partial charge in [0.2, 0.25) is 5.91 Å². The molecule has 0 unspecified atom stereocenters. The molecule has 0 aliphatic rings. The van der Waals surface area contributed by atoms with Crippen molar-refractivity contribution >= 4 is 11.8 Å². The Morgan fingerprint density at radius 1 is 1.39 bits per heavy atom. The first-order valence-electron chi connectivity index (χ1n) is 5.78. The van der Waals surface area contributed by atoms with Crippen molar-refractivity contribution in [1.82, 2.24) is 10.2 Å². The molecule has 0 spiro atoms. The second kappa shape index (κ2) is 6.05. The van der Waals surface area contributed by atoms with E-state index in [4.69, 9.17) is 0 Å².